The number of carbonyl (C=O) groups is 1. The Labute approximate surface area is 200 Å². The molecule has 1 aliphatic heterocycles. The molecule has 0 saturated carbocycles. The van der Waals surface area contributed by atoms with E-state index in [4.69, 9.17) is 38.4 Å². The first-order valence-electron chi connectivity index (χ1n) is 10.8. The van der Waals surface area contributed by atoms with E-state index >= 15 is 0 Å². The third-order valence-corrected chi connectivity index (χ3v) is 6.16. The molecular weight excluding hydrogens is 449 g/mol. The minimum Gasteiger partial charge on any atom is -0.490 e. The lowest BCUT2D eigenvalue weighted by molar-refractivity contribution is -0.136. The zero-order chi connectivity index (χ0) is 23.1. The van der Waals surface area contributed by atoms with Crippen molar-refractivity contribution >= 4 is 29.1 Å². The monoisotopic (exact) mass is 479 g/mol. The zero-order valence-electron chi connectivity index (χ0n) is 18.7. The van der Waals surface area contributed by atoms with E-state index in [1.165, 1.54) is 0 Å². The lowest BCUT2D eigenvalue weighted by Gasteiger charge is -2.34. The van der Waals surface area contributed by atoms with Gasteiger partial charge in [-0.2, -0.15) is 0 Å². The van der Waals surface area contributed by atoms with Gasteiger partial charge in [-0.1, -0.05) is 35.3 Å². The molecule has 174 valence electrons. The molecule has 0 aromatic heterocycles. The number of piperazine rings is 1. The SMILES string of the molecule is Cc1cc(Cl)c(OCCOc2ccc(CC(CN)C(=O)N3CCN(C)CC3)cc2)c(Cl)c1. The Kier molecular flexibility index (Phi) is 9.05. The molecule has 1 aliphatic rings. The van der Waals surface area contributed by atoms with Gasteiger partial charge in [0.25, 0.3) is 0 Å². The molecule has 1 saturated heterocycles. The first-order valence-corrected chi connectivity index (χ1v) is 11.6. The van der Waals surface area contributed by atoms with E-state index in [0.717, 1.165) is 43.1 Å². The van der Waals surface area contributed by atoms with Crippen molar-refractivity contribution in [1.29, 1.82) is 0 Å². The van der Waals surface area contributed by atoms with Crippen LogP contribution in [-0.4, -0.2) is 68.7 Å². The van der Waals surface area contributed by atoms with Gasteiger partial charge in [0.2, 0.25) is 5.91 Å². The molecule has 1 heterocycles. The van der Waals surface area contributed by atoms with Gasteiger partial charge < -0.3 is 25.0 Å². The molecule has 1 atom stereocenters. The molecule has 0 spiro atoms. The average molecular weight is 480 g/mol. The number of ether oxygens (including phenoxy) is 2. The largest absolute Gasteiger partial charge is 0.490 e. The minimum atomic E-state index is -0.206. The summed E-state index contributed by atoms with van der Waals surface area (Å²) in [6.45, 7) is 6.27. The van der Waals surface area contributed by atoms with Crippen molar-refractivity contribution in [3.8, 4) is 11.5 Å². The fourth-order valence-corrected chi connectivity index (χ4v) is 4.40. The van der Waals surface area contributed by atoms with Gasteiger partial charge in [-0.15, -0.1) is 0 Å². The summed E-state index contributed by atoms with van der Waals surface area (Å²) in [6, 6.07) is 11.4. The molecule has 1 amide bonds. The van der Waals surface area contributed by atoms with Crippen LogP contribution in [0.1, 0.15) is 11.1 Å². The fraction of sp³-hybridized carbons (Fsp3) is 0.458. The number of nitrogens with two attached hydrogens (primary N) is 1. The number of halogens is 2. The van der Waals surface area contributed by atoms with Crippen molar-refractivity contribution in [1.82, 2.24) is 9.80 Å². The van der Waals surface area contributed by atoms with Crippen molar-refractivity contribution in [3.63, 3.8) is 0 Å². The number of amides is 1. The first-order chi connectivity index (χ1) is 15.4. The number of hydrogen-bond acceptors (Lipinski definition) is 5. The van der Waals surface area contributed by atoms with Gasteiger partial charge in [0.1, 0.15) is 19.0 Å². The molecule has 6 nitrogen and oxygen atoms in total. The molecule has 32 heavy (non-hydrogen) atoms. The molecule has 0 bridgehead atoms. The normalized spacial score (nSPS) is 15.5. The highest BCUT2D eigenvalue weighted by Gasteiger charge is 2.25. The van der Waals surface area contributed by atoms with Crippen molar-refractivity contribution in [2.45, 2.75) is 13.3 Å². The van der Waals surface area contributed by atoms with E-state index in [1.807, 2.05) is 48.2 Å². The van der Waals surface area contributed by atoms with Gasteiger partial charge in [-0.05, 0) is 55.8 Å². The number of hydrogen-bond donors (Lipinski definition) is 1. The fourth-order valence-electron chi connectivity index (χ4n) is 3.69. The number of likely N-dealkylation sites (N-methyl/N-ethyl adjacent to an activating group) is 1. The second kappa shape index (κ2) is 11.8. The average Bonchev–Trinajstić information content (AvgIpc) is 2.77. The molecule has 0 aliphatic carbocycles. The van der Waals surface area contributed by atoms with Crippen LogP contribution in [0.5, 0.6) is 11.5 Å². The second-order valence-electron chi connectivity index (χ2n) is 8.16. The smallest absolute Gasteiger partial charge is 0.227 e. The maximum atomic E-state index is 12.8. The maximum Gasteiger partial charge on any atom is 0.227 e. The molecule has 0 radical (unpaired) electrons. The van der Waals surface area contributed by atoms with Gasteiger partial charge in [0, 0.05) is 32.7 Å². The van der Waals surface area contributed by atoms with Crippen LogP contribution in [0.4, 0.5) is 0 Å². The lowest BCUT2D eigenvalue weighted by Crippen LogP contribution is -2.50. The molecule has 1 unspecified atom stereocenters. The van der Waals surface area contributed by atoms with Crippen LogP contribution in [0.25, 0.3) is 0 Å². The summed E-state index contributed by atoms with van der Waals surface area (Å²) in [6.07, 6.45) is 0.621. The number of aryl methyl sites for hydroxylation is 1. The predicted octanol–water partition coefficient (Wildman–Crippen LogP) is 3.65. The number of carbonyl (C=O) groups excluding carboxylic acids is 1. The number of nitrogens with zero attached hydrogens (tertiary/aromatic N) is 2. The summed E-state index contributed by atoms with van der Waals surface area (Å²) in [4.78, 5) is 17.0. The van der Waals surface area contributed by atoms with Crippen molar-refractivity contribution < 1.29 is 14.3 Å². The third kappa shape index (κ3) is 6.75. The van der Waals surface area contributed by atoms with Crippen LogP contribution >= 0.6 is 23.2 Å². The second-order valence-corrected chi connectivity index (χ2v) is 8.98. The molecule has 2 aromatic carbocycles. The van der Waals surface area contributed by atoms with Crippen LogP contribution < -0.4 is 15.2 Å². The van der Waals surface area contributed by atoms with E-state index in [1.54, 1.807) is 0 Å². The Balaban J connectivity index is 1.46. The summed E-state index contributed by atoms with van der Waals surface area (Å²) in [5, 5.41) is 0.972. The molecule has 2 N–H and O–H groups in total. The first kappa shape index (κ1) is 24.6. The van der Waals surface area contributed by atoms with Gasteiger partial charge in [0.05, 0.1) is 16.0 Å². The lowest BCUT2D eigenvalue weighted by atomic mass is 9.97. The van der Waals surface area contributed by atoms with E-state index in [0.29, 0.717) is 42.0 Å². The van der Waals surface area contributed by atoms with Crippen LogP contribution in [-0.2, 0) is 11.2 Å². The standard InChI is InChI=1S/C24H31Cl2N3O3/c1-17-13-21(25)23(22(26)14-17)32-12-11-31-20-5-3-18(4-6-20)15-19(16-27)24(30)29-9-7-28(2)8-10-29/h3-6,13-14,19H,7-12,15-16,27H2,1-2H3. The minimum absolute atomic E-state index is 0.145. The van der Waals surface area contributed by atoms with Crippen molar-refractivity contribution in [3.05, 3.63) is 57.6 Å². The molecular formula is C24H31Cl2N3O3. The summed E-state index contributed by atoms with van der Waals surface area (Å²) >= 11 is 12.4. The number of benzene rings is 2. The van der Waals surface area contributed by atoms with E-state index in [2.05, 4.69) is 11.9 Å². The van der Waals surface area contributed by atoms with Gasteiger partial charge >= 0.3 is 0 Å². The topological polar surface area (TPSA) is 68.0 Å². The highest BCUT2D eigenvalue weighted by Crippen LogP contribution is 2.33. The summed E-state index contributed by atoms with van der Waals surface area (Å²) < 4.78 is 11.4. The molecule has 3 rings (SSSR count). The Bertz CT molecular complexity index is 877. The van der Waals surface area contributed by atoms with Crippen molar-refractivity contribution in [2.75, 3.05) is 53.0 Å². The molecule has 8 heteroatoms. The Hall–Kier alpha value is -1.99. The van der Waals surface area contributed by atoms with Crippen LogP contribution in [0.15, 0.2) is 36.4 Å². The van der Waals surface area contributed by atoms with Crippen LogP contribution in [0.3, 0.4) is 0 Å². The molecule has 1 fully saturated rings. The predicted molar refractivity (Wildman–Crippen MR) is 129 cm³/mol. The van der Waals surface area contributed by atoms with E-state index < -0.39 is 0 Å². The number of rotatable bonds is 9. The van der Waals surface area contributed by atoms with Gasteiger partial charge in [-0.25, -0.2) is 0 Å². The summed E-state index contributed by atoms with van der Waals surface area (Å²) in [5.41, 5.74) is 7.97. The van der Waals surface area contributed by atoms with E-state index in [9.17, 15) is 4.79 Å². The highest BCUT2D eigenvalue weighted by molar-refractivity contribution is 6.37. The molecule has 2 aromatic rings. The maximum absolute atomic E-state index is 12.8. The van der Waals surface area contributed by atoms with Gasteiger partial charge in [-0.3, -0.25) is 4.79 Å². The van der Waals surface area contributed by atoms with Gasteiger partial charge in [0.15, 0.2) is 5.75 Å². The van der Waals surface area contributed by atoms with E-state index in [-0.39, 0.29) is 11.8 Å². The van der Waals surface area contributed by atoms with Crippen molar-refractivity contribution in [2.24, 2.45) is 11.7 Å². The summed E-state index contributed by atoms with van der Waals surface area (Å²) in [7, 11) is 2.07. The Morgan fingerprint density at radius 3 is 2.22 bits per heavy atom. The Morgan fingerprint density at radius 1 is 1.03 bits per heavy atom. The Morgan fingerprint density at radius 2 is 1.62 bits per heavy atom. The van der Waals surface area contributed by atoms with Crippen LogP contribution in [0.2, 0.25) is 10.0 Å². The zero-order valence-corrected chi connectivity index (χ0v) is 20.2. The quantitative estimate of drug-likeness (QED) is 0.555. The van der Waals surface area contributed by atoms with Crippen LogP contribution in [0, 0.1) is 12.8 Å². The summed E-state index contributed by atoms with van der Waals surface area (Å²) in [5.74, 6) is 1.14. The highest BCUT2D eigenvalue weighted by atomic mass is 35.5. The third-order valence-electron chi connectivity index (χ3n) is 5.60.